The molecule has 5 heteroatoms. The summed E-state index contributed by atoms with van der Waals surface area (Å²) < 4.78 is 10.8. The summed E-state index contributed by atoms with van der Waals surface area (Å²) in [6, 6.07) is 9.90. The van der Waals surface area contributed by atoms with Crippen LogP contribution in [-0.4, -0.2) is 18.1 Å². The quantitative estimate of drug-likeness (QED) is 0.874. The van der Waals surface area contributed by atoms with E-state index in [9.17, 15) is 0 Å². The Bertz CT molecular complexity index is 698. The van der Waals surface area contributed by atoms with E-state index < -0.39 is 0 Å². The maximum absolute atomic E-state index is 9.12. The van der Waals surface area contributed by atoms with Gasteiger partial charge in [-0.05, 0) is 37.1 Å². The fraction of sp³-hybridized carbons (Fsp3) is 0.294. The average Bonchev–Trinajstić information content (AvgIpc) is 2.94. The van der Waals surface area contributed by atoms with Crippen molar-refractivity contribution in [2.24, 2.45) is 0 Å². The first kappa shape index (κ1) is 15.6. The van der Waals surface area contributed by atoms with Crippen LogP contribution in [-0.2, 0) is 0 Å². The molecular weight excluding hydrogens is 278 g/mol. The average molecular weight is 297 g/mol. The molecule has 1 unspecified atom stereocenters. The van der Waals surface area contributed by atoms with Gasteiger partial charge < -0.3 is 14.5 Å². The van der Waals surface area contributed by atoms with Crippen LogP contribution in [0.25, 0.3) is 12.2 Å². The topological polar surface area (TPSA) is 71.1 Å². The number of rotatable bonds is 6. The van der Waals surface area contributed by atoms with E-state index in [0.717, 1.165) is 17.7 Å². The Balaban J connectivity index is 2.19. The molecule has 0 aliphatic rings. The molecule has 22 heavy (non-hydrogen) atoms. The maximum Gasteiger partial charge on any atom is 0.232 e. The lowest BCUT2D eigenvalue weighted by atomic mass is 10.2. The second kappa shape index (κ2) is 7.32. The summed E-state index contributed by atoms with van der Waals surface area (Å²) in [5, 5.41) is 12.3. The van der Waals surface area contributed by atoms with E-state index in [0.29, 0.717) is 11.8 Å². The van der Waals surface area contributed by atoms with Gasteiger partial charge in [-0.3, -0.25) is 0 Å². The highest BCUT2D eigenvalue weighted by Gasteiger charge is 2.12. The Morgan fingerprint density at radius 1 is 1.45 bits per heavy atom. The van der Waals surface area contributed by atoms with Crippen molar-refractivity contribution in [2.75, 3.05) is 12.4 Å². The molecule has 0 aliphatic heterocycles. The van der Waals surface area contributed by atoms with Gasteiger partial charge in [-0.15, -0.1) is 0 Å². The molecule has 0 bridgehead atoms. The van der Waals surface area contributed by atoms with Crippen LogP contribution in [0.5, 0.6) is 5.75 Å². The van der Waals surface area contributed by atoms with Crippen LogP contribution in [0.2, 0.25) is 0 Å². The molecule has 2 rings (SSSR count). The highest BCUT2D eigenvalue weighted by molar-refractivity contribution is 5.67. The lowest BCUT2D eigenvalue weighted by Gasteiger charge is -2.08. The van der Waals surface area contributed by atoms with E-state index in [4.69, 9.17) is 14.4 Å². The van der Waals surface area contributed by atoms with Crippen LogP contribution in [0.3, 0.4) is 0 Å². The highest BCUT2D eigenvalue weighted by Crippen LogP contribution is 2.20. The zero-order valence-electron chi connectivity index (χ0n) is 13.0. The van der Waals surface area contributed by atoms with Crippen LogP contribution in [0.1, 0.15) is 37.4 Å². The third kappa shape index (κ3) is 3.89. The Hall–Kier alpha value is -2.74. The molecule has 0 saturated heterocycles. The van der Waals surface area contributed by atoms with E-state index in [1.807, 2.05) is 43.3 Å². The number of oxazole rings is 1. The Morgan fingerprint density at radius 2 is 2.27 bits per heavy atom. The highest BCUT2D eigenvalue weighted by atomic mass is 16.5. The molecule has 1 aromatic heterocycles. The van der Waals surface area contributed by atoms with Crippen molar-refractivity contribution in [2.45, 2.75) is 26.3 Å². The minimum Gasteiger partial charge on any atom is -0.497 e. The summed E-state index contributed by atoms with van der Waals surface area (Å²) in [5.41, 5.74) is 1.23. The van der Waals surface area contributed by atoms with Crippen LogP contribution < -0.4 is 10.1 Å². The Morgan fingerprint density at radius 3 is 2.95 bits per heavy atom. The lowest BCUT2D eigenvalue weighted by molar-refractivity contribution is 0.414. The minimum atomic E-state index is 0.218. The van der Waals surface area contributed by atoms with Gasteiger partial charge in [0.25, 0.3) is 0 Å². The maximum atomic E-state index is 9.12. The molecule has 0 saturated carbocycles. The standard InChI is InChI=1S/C17H19N3O2/c1-4-12(2)19-17-15(11-18)20-16(22-17)9-8-13-6-5-7-14(10-13)21-3/h5-10,12,19H,4H2,1-3H3. The first-order chi connectivity index (χ1) is 10.7. The number of anilines is 1. The number of ether oxygens (including phenoxy) is 1. The number of benzene rings is 1. The number of nitriles is 1. The van der Waals surface area contributed by atoms with Crippen LogP contribution >= 0.6 is 0 Å². The van der Waals surface area contributed by atoms with Crippen molar-refractivity contribution in [1.82, 2.24) is 4.98 Å². The molecule has 1 N–H and O–H groups in total. The second-order valence-electron chi connectivity index (χ2n) is 4.91. The Kier molecular flexibility index (Phi) is 5.21. The fourth-order valence-corrected chi connectivity index (χ4v) is 1.82. The van der Waals surface area contributed by atoms with Gasteiger partial charge in [0.2, 0.25) is 17.5 Å². The van der Waals surface area contributed by atoms with Crippen molar-refractivity contribution in [3.8, 4) is 11.8 Å². The van der Waals surface area contributed by atoms with E-state index in [2.05, 4.69) is 17.2 Å². The predicted octanol–water partition coefficient (Wildman–Crippen LogP) is 3.94. The molecule has 0 amide bonds. The molecule has 5 nitrogen and oxygen atoms in total. The van der Waals surface area contributed by atoms with Crippen molar-refractivity contribution in [3.63, 3.8) is 0 Å². The number of nitrogens with zero attached hydrogens (tertiary/aromatic N) is 2. The molecule has 1 aromatic carbocycles. The first-order valence-electron chi connectivity index (χ1n) is 7.15. The predicted molar refractivity (Wildman–Crippen MR) is 86.5 cm³/mol. The summed E-state index contributed by atoms with van der Waals surface area (Å²) in [6.07, 6.45) is 4.53. The van der Waals surface area contributed by atoms with E-state index in [-0.39, 0.29) is 11.7 Å². The van der Waals surface area contributed by atoms with Crippen molar-refractivity contribution < 1.29 is 9.15 Å². The molecule has 2 aromatic rings. The summed E-state index contributed by atoms with van der Waals surface area (Å²) in [4.78, 5) is 4.17. The van der Waals surface area contributed by atoms with Crippen LogP contribution in [0, 0.1) is 11.3 Å². The van der Waals surface area contributed by atoms with E-state index in [1.165, 1.54) is 0 Å². The van der Waals surface area contributed by atoms with Gasteiger partial charge in [-0.2, -0.15) is 10.2 Å². The zero-order valence-corrected chi connectivity index (χ0v) is 13.0. The molecule has 114 valence electrons. The van der Waals surface area contributed by atoms with Gasteiger partial charge >= 0.3 is 0 Å². The molecule has 1 atom stereocenters. The summed E-state index contributed by atoms with van der Waals surface area (Å²) in [5.74, 6) is 1.60. The van der Waals surface area contributed by atoms with Gasteiger partial charge in [0.05, 0.1) is 7.11 Å². The number of nitrogens with one attached hydrogen (secondary N) is 1. The Labute approximate surface area is 130 Å². The van der Waals surface area contributed by atoms with Crippen molar-refractivity contribution in [1.29, 1.82) is 5.26 Å². The number of methoxy groups -OCH3 is 1. The van der Waals surface area contributed by atoms with Crippen molar-refractivity contribution >= 4 is 18.0 Å². The molecule has 0 aliphatic carbocycles. The molecule has 0 fully saturated rings. The normalized spacial score (nSPS) is 12.1. The van der Waals surface area contributed by atoms with Crippen molar-refractivity contribution in [3.05, 3.63) is 41.4 Å². The van der Waals surface area contributed by atoms with Crippen LogP contribution in [0.15, 0.2) is 28.7 Å². The fourth-order valence-electron chi connectivity index (χ4n) is 1.82. The van der Waals surface area contributed by atoms with Gasteiger partial charge in [0.1, 0.15) is 11.8 Å². The summed E-state index contributed by atoms with van der Waals surface area (Å²) in [7, 11) is 1.63. The zero-order chi connectivity index (χ0) is 15.9. The number of hydrogen-bond donors (Lipinski definition) is 1. The molecule has 1 heterocycles. The molecule has 0 radical (unpaired) electrons. The smallest absolute Gasteiger partial charge is 0.232 e. The summed E-state index contributed by atoms with van der Waals surface area (Å²) in [6.45, 7) is 4.08. The molecular formula is C17H19N3O2. The third-order valence-corrected chi connectivity index (χ3v) is 3.25. The van der Waals surface area contributed by atoms with Gasteiger partial charge in [0.15, 0.2) is 0 Å². The number of hydrogen-bond acceptors (Lipinski definition) is 5. The summed E-state index contributed by atoms with van der Waals surface area (Å²) >= 11 is 0. The van der Waals surface area contributed by atoms with Crippen LogP contribution in [0.4, 0.5) is 5.88 Å². The van der Waals surface area contributed by atoms with E-state index >= 15 is 0 Å². The lowest BCUT2D eigenvalue weighted by Crippen LogP contribution is -2.13. The minimum absolute atomic E-state index is 0.218. The largest absolute Gasteiger partial charge is 0.497 e. The van der Waals surface area contributed by atoms with Gasteiger partial charge in [-0.1, -0.05) is 19.1 Å². The van der Waals surface area contributed by atoms with E-state index in [1.54, 1.807) is 13.2 Å². The van der Waals surface area contributed by atoms with Gasteiger partial charge in [-0.25, -0.2) is 0 Å². The number of aromatic nitrogens is 1. The second-order valence-corrected chi connectivity index (χ2v) is 4.91. The van der Waals surface area contributed by atoms with Gasteiger partial charge in [0, 0.05) is 12.1 Å². The SMILES string of the molecule is CCC(C)Nc1oc(C=Cc2cccc(OC)c2)nc1C#N. The first-order valence-corrected chi connectivity index (χ1v) is 7.15. The molecule has 0 spiro atoms. The monoisotopic (exact) mass is 297 g/mol. The third-order valence-electron chi connectivity index (χ3n) is 3.25.